The monoisotopic (exact) mass is 230 g/mol. The van der Waals surface area contributed by atoms with Crippen LogP contribution in [0, 0.1) is 5.82 Å². The van der Waals surface area contributed by atoms with E-state index in [1.54, 1.807) is 18.2 Å². The van der Waals surface area contributed by atoms with Crippen molar-refractivity contribution >= 4 is 16.8 Å². The minimum absolute atomic E-state index is 0.306. The molecule has 2 nitrogen and oxygen atoms in total. The van der Waals surface area contributed by atoms with Gasteiger partial charge < -0.3 is 10.2 Å². The number of hydrogen-bond donors (Lipinski definition) is 2. The van der Waals surface area contributed by atoms with Crippen LogP contribution in [0.3, 0.4) is 0 Å². The van der Waals surface area contributed by atoms with Crippen molar-refractivity contribution in [2.75, 3.05) is 0 Å². The van der Waals surface area contributed by atoms with Crippen LogP contribution in [-0.2, 0) is 0 Å². The summed E-state index contributed by atoms with van der Waals surface area (Å²) < 4.78 is 13.2. The quantitative estimate of drug-likeness (QED) is 0.729. The first kappa shape index (κ1) is 10.4. The molecule has 2 aromatic rings. The fourth-order valence-electron chi connectivity index (χ4n) is 2.26. The maximum Gasteiger partial charge on any atom is 0.123 e. The predicted octanol–water partition coefficient (Wildman–Crippen LogP) is 2.40. The Hall–Kier alpha value is -1.71. The van der Waals surface area contributed by atoms with E-state index in [4.69, 9.17) is 0 Å². The molecule has 0 heterocycles. The summed E-state index contributed by atoms with van der Waals surface area (Å²) in [7, 11) is 0. The third-order valence-electron chi connectivity index (χ3n) is 3.16. The van der Waals surface area contributed by atoms with Gasteiger partial charge in [-0.05, 0) is 34.0 Å². The molecule has 2 aromatic carbocycles. The molecule has 0 spiro atoms. The van der Waals surface area contributed by atoms with Crippen molar-refractivity contribution in [2.24, 2.45) is 0 Å². The summed E-state index contributed by atoms with van der Waals surface area (Å²) in [5.74, 6) is -0.306. The topological polar surface area (TPSA) is 40.5 Å². The van der Waals surface area contributed by atoms with Crippen LogP contribution in [0.1, 0.15) is 17.2 Å². The number of aliphatic hydroxyl groups is 2. The van der Waals surface area contributed by atoms with Gasteiger partial charge in [-0.25, -0.2) is 4.39 Å². The molecule has 17 heavy (non-hydrogen) atoms. The highest BCUT2D eigenvalue weighted by Crippen LogP contribution is 2.33. The van der Waals surface area contributed by atoms with Gasteiger partial charge in [-0.15, -0.1) is 0 Å². The molecule has 2 unspecified atom stereocenters. The standard InChI is InChI=1S/C14H11FO2/c15-9-3-1-8-2-4-11-10(12(8)7-9)5-6-13(16)14(11)17/h1-7,13-14,16-17H. The second-order valence-electron chi connectivity index (χ2n) is 4.23. The zero-order valence-corrected chi connectivity index (χ0v) is 8.97. The largest absolute Gasteiger partial charge is 0.386 e. The molecule has 0 bridgehead atoms. The molecule has 0 saturated carbocycles. The number of benzene rings is 2. The molecular weight excluding hydrogens is 219 g/mol. The Bertz CT molecular complexity index is 619. The van der Waals surface area contributed by atoms with Crippen LogP contribution in [0.5, 0.6) is 0 Å². The summed E-state index contributed by atoms with van der Waals surface area (Å²) in [6.45, 7) is 0. The molecule has 1 aliphatic carbocycles. The molecule has 0 saturated heterocycles. The highest BCUT2D eigenvalue weighted by Gasteiger charge is 2.23. The Morgan fingerprint density at radius 3 is 2.65 bits per heavy atom. The molecule has 3 heteroatoms. The third-order valence-corrected chi connectivity index (χ3v) is 3.16. The minimum atomic E-state index is -0.942. The summed E-state index contributed by atoms with van der Waals surface area (Å²) >= 11 is 0. The Morgan fingerprint density at radius 1 is 1.06 bits per heavy atom. The fraction of sp³-hybridized carbons (Fsp3) is 0.143. The van der Waals surface area contributed by atoms with Gasteiger partial charge in [0.15, 0.2) is 0 Å². The average molecular weight is 230 g/mol. The Morgan fingerprint density at radius 2 is 1.82 bits per heavy atom. The van der Waals surface area contributed by atoms with E-state index < -0.39 is 12.2 Å². The van der Waals surface area contributed by atoms with Gasteiger partial charge >= 0.3 is 0 Å². The maximum atomic E-state index is 13.2. The predicted molar refractivity (Wildman–Crippen MR) is 63.9 cm³/mol. The molecule has 3 rings (SSSR count). The molecule has 2 atom stereocenters. The van der Waals surface area contributed by atoms with Crippen molar-refractivity contribution in [1.29, 1.82) is 0 Å². The molecule has 0 amide bonds. The SMILES string of the molecule is OC1C=Cc2c(ccc3ccc(F)cc23)C1O. The van der Waals surface area contributed by atoms with Gasteiger partial charge in [-0.3, -0.25) is 0 Å². The number of aliphatic hydroxyl groups excluding tert-OH is 2. The molecule has 0 radical (unpaired) electrons. The van der Waals surface area contributed by atoms with Crippen LogP contribution in [0.4, 0.5) is 4.39 Å². The van der Waals surface area contributed by atoms with Gasteiger partial charge in [0, 0.05) is 0 Å². The van der Waals surface area contributed by atoms with Gasteiger partial charge in [-0.2, -0.15) is 0 Å². The molecule has 1 aliphatic rings. The highest BCUT2D eigenvalue weighted by atomic mass is 19.1. The lowest BCUT2D eigenvalue weighted by molar-refractivity contribution is 0.0471. The molecule has 86 valence electrons. The van der Waals surface area contributed by atoms with Gasteiger partial charge in [0.1, 0.15) is 18.0 Å². The zero-order valence-electron chi connectivity index (χ0n) is 8.97. The van der Waals surface area contributed by atoms with Gasteiger partial charge in [-0.1, -0.05) is 30.4 Å². The summed E-state index contributed by atoms with van der Waals surface area (Å²) in [6, 6.07) is 8.15. The number of rotatable bonds is 0. The van der Waals surface area contributed by atoms with Crippen molar-refractivity contribution in [3.05, 3.63) is 53.4 Å². The van der Waals surface area contributed by atoms with E-state index in [1.807, 2.05) is 6.07 Å². The first-order valence-corrected chi connectivity index (χ1v) is 5.43. The van der Waals surface area contributed by atoms with Crippen LogP contribution in [0.2, 0.25) is 0 Å². The maximum absolute atomic E-state index is 13.2. The molecule has 0 aromatic heterocycles. The van der Waals surface area contributed by atoms with E-state index in [0.717, 1.165) is 16.3 Å². The van der Waals surface area contributed by atoms with Crippen molar-refractivity contribution in [2.45, 2.75) is 12.2 Å². The van der Waals surface area contributed by atoms with Crippen LogP contribution in [0.25, 0.3) is 16.8 Å². The minimum Gasteiger partial charge on any atom is -0.386 e. The third kappa shape index (κ3) is 1.55. The van der Waals surface area contributed by atoms with Crippen molar-refractivity contribution in [1.82, 2.24) is 0 Å². The van der Waals surface area contributed by atoms with E-state index in [2.05, 4.69) is 0 Å². The van der Waals surface area contributed by atoms with E-state index in [9.17, 15) is 14.6 Å². The molecule has 0 aliphatic heterocycles. The van der Waals surface area contributed by atoms with Gasteiger partial charge in [0.2, 0.25) is 0 Å². The van der Waals surface area contributed by atoms with Crippen LogP contribution < -0.4 is 0 Å². The number of halogens is 1. The summed E-state index contributed by atoms with van der Waals surface area (Å²) in [6.07, 6.45) is 1.42. The number of hydrogen-bond acceptors (Lipinski definition) is 2. The summed E-state index contributed by atoms with van der Waals surface area (Å²) in [5, 5.41) is 21.1. The van der Waals surface area contributed by atoms with Crippen LogP contribution in [-0.4, -0.2) is 16.3 Å². The lowest BCUT2D eigenvalue weighted by atomic mass is 9.89. The smallest absolute Gasteiger partial charge is 0.123 e. The van der Waals surface area contributed by atoms with Crippen molar-refractivity contribution in [3.63, 3.8) is 0 Å². The first-order valence-electron chi connectivity index (χ1n) is 5.43. The van der Waals surface area contributed by atoms with Crippen molar-refractivity contribution in [3.8, 4) is 0 Å². The Labute approximate surface area is 97.6 Å². The average Bonchev–Trinajstić information content (AvgIpc) is 2.33. The van der Waals surface area contributed by atoms with Crippen LogP contribution >= 0.6 is 0 Å². The van der Waals surface area contributed by atoms with Crippen molar-refractivity contribution < 1.29 is 14.6 Å². The molecule has 2 N–H and O–H groups in total. The lowest BCUT2D eigenvalue weighted by Crippen LogP contribution is -2.19. The Balaban J connectivity index is 2.35. The zero-order chi connectivity index (χ0) is 12.0. The second kappa shape index (κ2) is 3.65. The normalized spacial score (nSPS) is 22.8. The molecule has 0 fully saturated rings. The van der Waals surface area contributed by atoms with E-state index in [1.165, 1.54) is 18.2 Å². The van der Waals surface area contributed by atoms with E-state index in [-0.39, 0.29) is 5.82 Å². The fourth-order valence-corrected chi connectivity index (χ4v) is 2.26. The summed E-state index contributed by atoms with van der Waals surface area (Å²) in [5.41, 5.74) is 1.41. The van der Waals surface area contributed by atoms with Crippen LogP contribution in [0.15, 0.2) is 36.4 Å². The highest BCUT2D eigenvalue weighted by molar-refractivity contribution is 5.92. The first-order chi connectivity index (χ1) is 8.16. The van der Waals surface area contributed by atoms with Gasteiger partial charge in [0.25, 0.3) is 0 Å². The number of fused-ring (bicyclic) bond motifs is 3. The Kier molecular flexibility index (Phi) is 2.24. The van der Waals surface area contributed by atoms with Gasteiger partial charge in [0.05, 0.1) is 0 Å². The summed E-state index contributed by atoms with van der Waals surface area (Å²) in [4.78, 5) is 0. The van der Waals surface area contributed by atoms with E-state index >= 15 is 0 Å². The second-order valence-corrected chi connectivity index (χ2v) is 4.23. The van der Waals surface area contributed by atoms with E-state index in [0.29, 0.717) is 5.56 Å². The lowest BCUT2D eigenvalue weighted by Gasteiger charge is -2.22. The molecular formula is C14H11FO2.